The Kier molecular flexibility index (Phi) is 10.1. The second kappa shape index (κ2) is 11.8. The van der Waals surface area contributed by atoms with E-state index in [-0.39, 0.29) is 24.8 Å². The molecule has 0 bridgehead atoms. The molecule has 1 aromatic heterocycles. The highest BCUT2D eigenvalue weighted by molar-refractivity contribution is 7.12. The molecule has 1 heterocycles. The maximum Gasteiger partial charge on any atom is 0.140 e. The van der Waals surface area contributed by atoms with Crippen LogP contribution in [0.1, 0.15) is 29.0 Å². The molecule has 1 unspecified atom stereocenters. The summed E-state index contributed by atoms with van der Waals surface area (Å²) in [5.74, 6) is 0.445. The molecule has 0 fully saturated rings. The highest BCUT2D eigenvalue weighted by Crippen LogP contribution is 2.15. The molecule has 1 atom stereocenters. The van der Waals surface area contributed by atoms with Gasteiger partial charge in [-0.3, -0.25) is 5.41 Å². The monoisotopic (exact) mass is 421 g/mol. The fraction of sp³-hybridized carbons (Fsp3) is 0.190. The normalized spacial score (nSPS) is 11.0. The summed E-state index contributed by atoms with van der Waals surface area (Å²) in [6.45, 7) is 3.13. The average Bonchev–Trinajstić information content (AvgIpc) is 3.19. The van der Waals surface area contributed by atoms with Gasteiger partial charge in [0, 0.05) is 11.7 Å². The van der Waals surface area contributed by atoms with Crippen molar-refractivity contribution in [3.63, 3.8) is 0 Å². The Bertz CT molecular complexity index is 790. The Morgan fingerprint density at radius 1 is 0.963 bits per heavy atom. The van der Waals surface area contributed by atoms with Crippen LogP contribution in [0.15, 0.2) is 72.1 Å². The van der Waals surface area contributed by atoms with Crippen molar-refractivity contribution in [2.75, 3.05) is 11.9 Å². The number of amidine groups is 1. The van der Waals surface area contributed by atoms with Crippen molar-refractivity contribution in [2.24, 2.45) is 0 Å². The zero-order valence-corrected chi connectivity index (χ0v) is 17.6. The van der Waals surface area contributed by atoms with Crippen molar-refractivity contribution in [3.05, 3.63) is 88.1 Å². The molecule has 144 valence electrons. The Morgan fingerprint density at radius 2 is 1.67 bits per heavy atom. The van der Waals surface area contributed by atoms with Gasteiger partial charge in [0.25, 0.3) is 0 Å². The first-order valence-electron chi connectivity index (χ1n) is 8.49. The molecule has 3 nitrogen and oxygen atoms in total. The van der Waals surface area contributed by atoms with Crippen molar-refractivity contribution in [3.8, 4) is 0 Å². The molecule has 0 spiro atoms. The van der Waals surface area contributed by atoms with E-state index in [2.05, 4.69) is 54.0 Å². The smallest absolute Gasteiger partial charge is 0.140 e. The summed E-state index contributed by atoms with van der Waals surface area (Å²) in [6, 6.07) is 23.1. The van der Waals surface area contributed by atoms with Gasteiger partial charge < -0.3 is 10.6 Å². The van der Waals surface area contributed by atoms with Gasteiger partial charge in [-0.15, -0.1) is 36.2 Å². The maximum absolute atomic E-state index is 8.07. The zero-order chi connectivity index (χ0) is 17.5. The molecule has 2 aromatic carbocycles. The van der Waals surface area contributed by atoms with E-state index in [0.717, 1.165) is 23.5 Å². The lowest BCUT2D eigenvalue weighted by atomic mass is 10.1. The fourth-order valence-corrected chi connectivity index (χ4v) is 3.30. The van der Waals surface area contributed by atoms with Gasteiger partial charge in [-0.25, -0.2) is 0 Å². The zero-order valence-electron chi connectivity index (χ0n) is 15.1. The van der Waals surface area contributed by atoms with Gasteiger partial charge in [0.2, 0.25) is 0 Å². The summed E-state index contributed by atoms with van der Waals surface area (Å²) in [5, 5.41) is 16.8. The summed E-state index contributed by atoms with van der Waals surface area (Å²) in [7, 11) is 0. The molecule has 0 aliphatic carbocycles. The van der Waals surface area contributed by atoms with E-state index < -0.39 is 0 Å². The van der Waals surface area contributed by atoms with Crippen LogP contribution in [0.5, 0.6) is 0 Å². The first kappa shape index (κ1) is 23.2. The Labute approximate surface area is 177 Å². The van der Waals surface area contributed by atoms with Gasteiger partial charge >= 0.3 is 0 Å². The number of anilines is 1. The third-order valence-electron chi connectivity index (χ3n) is 4.15. The average molecular weight is 422 g/mol. The summed E-state index contributed by atoms with van der Waals surface area (Å²) in [4.78, 5) is 0.947. The molecule has 0 aliphatic rings. The molecule has 3 N–H and O–H groups in total. The predicted molar refractivity (Wildman–Crippen MR) is 122 cm³/mol. The molecule has 0 saturated heterocycles. The molecule has 0 saturated carbocycles. The highest BCUT2D eigenvalue weighted by atomic mass is 35.5. The minimum atomic E-state index is 0. The molecule has 3 rings (SSSR count). The van der Waals surface area contributed by atoms with Crippen molar-refractivity contribution < 1.29 is 0 Å². The predicted octanol–water partition coefficient (Wildman–Crippen LogP) is 5.92. The van der Waals surface area contributed by atoms with E-state index in [9.17, 15) is 0 Å². The van der Waals surface area contributed by atoms with Gasteiger partial charge in [-0.1, -0.05) is 48.5 Å². The molecular formula is C21H25Cl2N3S. The maximum atomic E-state index is 8.07. The molecule has 0 amide bonds. The number of thiophene rings is 1. The van der Waals surface area contributed by atoms with Crippen LogP contribution in [0.25, 0.3) is 0 Å². The number of nitrogens with one attached hydrogen (secondary N) is 3. The van der Waals surface area contributed by atoms with Crippen LogP contribution >= 0.6 is 36.2 Å². The van der Waals surface area contributed by atoms with Gasteiger partial charge in [0.15, 0.2) is 0 Å². The van der Waals surface area contributed by atoms with Crippen molar-refractivity contribution in [1.29, 1.82) is 5.41 Å². The second-order valence-electron chi connectivity index (χ2n) is 6.01. The Morgan fingerprint density at radius 3 is 2.30 bits per heavy atom. The van der Waals surface area contributed by atoms with E-state index in [1.807, 2.05) is 35.7 Å². The quantitative estimate of drug-likeness (QED) is 0.327. The van der Waals surface area contributed by atoms with Crippen LogP contribution in [-0.2, 0) is 6.42 Å². The standard InChI is InChI=1S/C21H23N3S.2ClH/c1-16(18-6-3-2-4-7-18)23-14-13-17-9-11-19(12-10-17)24-21(22)20-8-5-15-25-20;;/h2-12,15-16,23H,13-14H2,1H3,(H2,22,24);2*1H. The van der Waals surface area contributed by atoms with E-state index >= 15 is 0 Å². The molecule has 27 heavy (non-hydrogen) atoms. The molecule has 0 radical (unpaired) electrons. The number of rotatable bonds is 7. The number of hydrogen-bond acceptors (Lipinski definition) is 3. The molecule has 0 aliphatic heterocycles. The lowest BCUT2D eigenvalue weighted by Crippen LogP contribution is -2.21. The Balaban J connectivity index is 0.00000182. The summed E-state index contributed by atoms with van der Waals surface area (Å²) < 4.78 is 0. The van der Waals surface area contributed by atoms with Crippen molar-refractivity contribution in [2.45, 2.75) is 19.4 Å². The minimum absolute atomic E-state index is 0. The van der Waals surface area contributed by atoms with Crippen molar-refractivity contribution >= 4 is 47.7 Å². The van der Waals surface area contributed by atoms with Gasteiger partial charge in [0.05, 0.1) is 4.88 Å². The third-order valence-corrected chi connectivity index (χ3v) is 5.04. The van der Waals surface area contributed by atoms with Gasteiger partial charge in [0.1, 0.15) is 5.84 Å². The van der Waals surface area contributed by atoms with Crippen LogP contribution in [0.3, 0.4) is 0 Å². The third kappa shape index (κ3) is 7.00. The largest absolute Gasteiger partial charge is 0.340 e. The van der Waals surface area contributed by atoms with E-state index in [4.69, 9.17) is 5.41 Å². The second-order valence-corrected chi connectivity index (χ2v) is 6.96. The fourth-order valence-electron chi connectivity index (χ4n) is 2.67. The van der Waals surface area contributed by atoms with Gasteiger partial charge in [-0.2, -0.15) is 0 Å². The van der Waals surface area contributed by atoms with Crippen LogP contribution in [0.2, 0.25) is 0 Å². The van der Waals surface area contributed by atoms with Gasteiger partial charge in [-0.05, 0) is 54.6 Å². The number of hydrogen-bond donors (Lipinski definition) is 3. The first-order valence-corrected chi connectivity index (χ1v) is 9.37. The molecule has 6 heteroatoms. The topological polar surface area (TPSA) is 47.9 Å². The summed E-state index contributed by atoms with van der Waals surface area (Å²) >= 11 is 1.57. The molecular weight excluding hydrogens is 397 g/mol. The highest BCUT2D eigenvalue weighted by Gasteiger charge is 2.05. The van der Waals surface area contributed by atoms with Crippen molar-refractivity contribution in [1.82, 2.24) is 5.32 Å². The molecule has 3 aromatic rings. The lowest BCUT2D eigenvalue weighted by molar-refractivity contribution is 0.577. The lowest BCUT2D eigenvalue weighted by Gasteiger charge is -2.14. The minimum Gasteiger partial charge on any atom is -0.340 e. The van der Waals surface area contributed by atoms with Crippen LogP contribution in [0.4, 0.5) is 5.69 Å². The first-order chi connectivity index (χ1) is 12.2. The van der Waals surface area contributed by atoms with Crippen LogP contribution in [-0.4, -0.2) is 12.4 Å². The van der Waals surface area contributed by atoms with E-state index in [1.165, 1.54) is 11.1 Å². The van der Waals surface area contributed by atoms with Crippen LogP contribution < -0.4 is 10.6 Å². The SMILES string of the molecule is CC(NCCc1ccc(NC(=N)c2cccs2)cc1)c1ccccc1.Cl.Cl. The van der Waals surface area contributed by atoms with E-state index in [1.54, 1.807) is 11.3 Å². The van der Waals surface area contributed by atoms with Crippen LogP contribution in [0, 0.1) is 5.41 Å². The number of benzene rings is 2. The van der Waals surface area contributed by atoms with E-state index in [0.29, 0.717) is 11.9 Å². The number of halogens is 2. The Hall–Kier alpha value is -1.85. The summed E-state index contributed by atoms with van der Waals surface area (Å²) in [5.41, 5.74) is 3.56. The summed E-state index contributed by atoms with van der Waals surface area (Å²) in [6.07, 6.45) is 0.986.